The van der Waals surface area contributed by atoms with Gasteiger partial charge in [0.2, 0.25) is 0 Å². The van der Waals surface area contributed by atoms with Crippen molar-refractivity contribution in [3.8, 4) is 11.5 Å². The fourth-order valence-corrected chi connectivity index (χ4v) is 4.17. The number of amides is 2. The van der Waals surface area contributed by atoms with Gasteiger partial charge in [-0.1, -0.05) is 73.1 Å². The van der Waals surface area contributed by atoms with Crippen LogP contribution in [0.4, 0.5) is 0 Å². The van der Waals surface area contributed by atoms with Gasteiger partial charge in [-0.05, 0) is 79.3 Å². The van der Waals surface area contributed by atoms with Crippen molar-refractivity contribution in [2.75, 3.05) is 0 Å². The van der Waals surface area contributed by atoms with Crippen molar-refractivity contribution in [1.82, 2.24) is 10.9 Å². The topological polar surface area (TPSA) is 123 Å². The summed E-state index contributed by atoms with van der Waals surface area (Å²) in [5.41, 5.74) is 10.7. The summed E-state index contributed by atoms with van der Waals surface area (Å²) in [6, 6.07) is 23.1. The normalized spacial score (nSPS) is 10.8. The summed E-state index contributed by atoms with van der Waals surface area (Å²) >= 11 is 6.09. The molecule has 0 aliphatic carbocycles. The van der Waals surface area contributed by atoms with Crippen molar-refractivity contribution in [3.63, 3.8) is 0 Å². The molecule has 42 heavy (non-hydrogen) atoms. The van der Waals surface area contributed by atoms with Gasteiger partial charge in [-0.25, -0.2) is 10.9 Å². The Hall–Kier alpha value is -4.95. The lowest BCUT2D eigenvalue weighted by Gasteiger charge is -2.08. The average Bonchev–Trinajstić information content (AvgIpc) is 2.95. The lowest BCUT2D eigenvalue weighted by atomic mass is 10.0. The third-order valence-corrected chi connectivity index (χ3v) is 6.55. The highest BCUT2D eigenvalue weighted by atomic mass is 35.5. The van der Waals surface area contributed by atoms with Crippen LogP contribution in [0.1, 0.15) is 61.0 Å². The first-order valence-corrected chi connectivity index (χ1v) is 13.6. The second-order valence-corrected chi connectivity index (χ2v) is 9.87. The number of aryl methyl sites for hydroxylation is 4. The van der Waals surface area contributed by atoms with E-state index >= 15 is 0 Å². The number of rotatable bonds is 7. The maximum atomic E-state index is 12.2. The first-order valence-electron chi connectivity index (χ1n) is 13.2. The van der Waals surface area contributed by atoms with Crippen LogP contribution in [-0.2, 0) is 6.42 Å². The van der Waals surface area contributed by atoms with Crippen LogP contribution < -0.4 is 10.9 Å². The summed E-state index contributed by atoms with van der Waals surface area (Å²) in [6.45, 7) is 7.67. The minimum Gasteiger partial charge on any atom is -0.507 e. The molecule has 9 heteroatoms. The Morgan fingerprint density at radius 1 is 0.762 bits per heavy atom. The van der Waals surface area contributed by atoms with E-state index in [1.807, 2.05) is 70.2 Å². The van der Waals surface area contributed by atoms with Crippen LogP contribution in [0, 0.1) is 20.8 Å². The van der Waals surface area contributed by atoms with Gasteiger partial charge in [0.25, 0.3) is 11.8 Å². The number of halogens is 1. The van der Waals surface area contributed by atoms with Gasteiger partial charge in [0.05, 0.1) is 23.6 Å². The Morgan fingerprint density at radius 2 is 1.40 bits per heavy atom. The van der Waals surface area contributed by atoms with E-state index in [0.717, 1.165) is 27.8 Å². The summed E-state index contributed by atoms with van der Waals surface area (Å²) in [5.74, 6) is -0.990. The molecule has 0 radical (unpaired) electrons. The third kappa shape index (κ3) is 8.78. The molecule has 0 unspecified atom stereocenters. The van der Waals surface area contributed by atoms with Crippen LogP contribution >= 0.6 is 11.6 Å². The minimum atomic E-state index is -0.450. The molecule has 2 amide bonds. The molecular weight excluding hydrogens is 552 g/mol. The van der Waals surface area contributed by atoms with Gasteiger partial charge in [0.1, 0.15) is 11.5 Å². The van der Waals surface area contributed by atoms with Crippen LogP contribution in [-0.4, -0.2) is 34.5 Å². The summed E-state index contributed by atoms with van der Waals surface area (Å²) < 4.78 is 0. The van der Waals surface area contributed by atoms with E-state index in [1.54, 1.807) is 36.5 Å². The fraction of sp³-hybridized carbons (Fsp3) is 0.152. The Kier molecular flexibility index (Phi) is 11.4. The predicted molar refractivity (Wildman–Crippen MR) is 168 cm³/mol. The van der Waals surface area contributed by atoms with E-state index < -0.39 is 11.8 Å². The van der Waals surface area contributed by atoms with Crippen molar-refractivity contribution in [1.29, 1.82) is 0 Å². The molecule has 0 aliphatic rings. The number of phenols is 2. The van der Waals surface area contributed by atoms with Crippen molar-refractivity contribution >= 4 is 35.8 Å². The van der Waals surface area contributed by atoms with Gasteiger partial charge in [0, 0.05) is 10.6 Å². The maximum absolute atomic E-state index is 12.2. The highest BCUT2D eigenvalue weighted by molar-refractivity contribution is 6.33. The smallest absolute Gasteiger partial charge is 0.275 e. The third-order valence-electron chi connectivity index (χ3n) is 6.22. The molecule has 0 spiro atoms. The molecule has 4 rings (SSSR count). The second-order valence-electron chi connectivity index (χ2n) is 9.47. The van der Waals surface area contributed by atoms with Gasteiger partial charge < -0.3 is 10.2 Å². The minimum absolute atomic E-state index is 0.0476. The number of carbonyl (C=O) groups excluding carboxylic acids is 2. The Labute approximate surface area is 250 Å². The van der Waals surface area contributed by atoms with Crippen LogP contribution in [0.25, 0.3) is 0 Å². The number of nitrogens with zero attached hydrogens (tertiary/aromatic N) is 2. The molecule has 0 bridgehead atoms. The van der Waals surface area contributed by atoms with Crippen LogP contribution in [0.15, 0.2) is 89.1 Å². The SMILES string of the molecule is CCc1cccc(O)c1C(=O)NN=Cc1ccc(C)cc1Cl.Cc1ccc(C(=O)NN=Cc2ccccc2C)c(O)c1. The lowest BCUT2D eigenvalue weighted by molar-refractivity contribution is 0.0943. The number of carbonyl (C=O) groups is 2. The number of hydrogen-bond donors (Lipinski definition) is 4. The molecule has 0 saturated heterocycles. The van der Waals surface area contributed by atoms with Gasteiger partial charge in [-0.2, -0.15) is 10.2 Å². The highest BCUT2D eigenvalue weighted by Crippen LogP contribution is 2.22. The Balaban J connectivity index is 0.000000231. The van der Waals surface area contributed by atoms with Crippen LogP contribution in [0.5, 0.6) is 11.5 Å². The van der Waals surface area contributed by atoms with Crippen molar-refractivity contribution < 1.29 is 19.8 Å². The van der Waals surface area contributed by atoms with E-state index in [-0.39, 0.29) is 22.6 Å². The highest BCUT2D eigenvalue weighted by Gasteiger charge is 2.14. The summed E-state index contributed by atoms with van der Waals surface area (Å²) in [6.07, 6.45) is 3.70. The Bertz CT molecular complexity index is 1630. The molecule has 8 nitrogen and oxygen atoms in total. The largest absolute Gasteiger partial charge is 0.507 e. The monoisotopic (exact) mass is 584 g/mol. The van der Waals surface area contributed by atoms with Crippen molar-refractivity contribution in [3.05, 3.63) is 128 Å². The molecule has 216 valence electrons. The average molecular weight is 585 g/mol. The van der Waals surface area contributed by atoms with E-state index in [4.69, 9.17) is 11.6 Å². The zero-order chi connectivity index (χ0) is 30.6. The van der Waals surface area contributed by atoms with E-state index in [9.17, 15) is 19.8 Å². The van der Waals surface area contributed by atoms with Crippen LogP contribution in [0.2, 0.25) is 5.02 Å². The molecule has 0 aromatic heterocycles. The second kappa shape index (κ2) is 15.2. The first-order chi connectivity index (χ1) is 20.1. The number of benzene rings is 4. The predicted octanol–water partition coefficient (Wildman–Crippen LogP) is 6.45. The number of hydrogen-bond acceptors (Lipinski definition) is 6. The van der Waals surface area contributed by atoms with Gasteiger partial charge >= 0.3 is 0 Å². The van der Waals surface area contributed by atoms with Crippen molar-refractivity contribution in [2.45, 2.75) is 34.1 Å². The zero-order valence-electron chi connectivity index (χ0n) is 23.9. The molecule has 4 N–H and O–H groups in total. The molecule has 0 atom stereocenters. The molecule has 0 saturated carbocycles. The summed E-state index contributed by atoms with van der Waals surface area (Å²) in [4.78, 5) is 24.0. The summed E-state index contributed by atoms with van der Waals surface area (Å²) in [5, 5.41) is 27.9. The number of aromatic hydroxyl groups is 2. The fourth-order valence-electron chi connectivity index (χ4n) is 3.88. The van der Waals surface area contributed by atoms with E-state index in [0.29, 0.717) is 17.0 Å². The zero-order valence-corrected chi connectivity index (χ0v) is 24.6. The first kappa shape index (κ1) is 31.6. The summed E-state index contributed by atoms with van der Waals surface area (Å²) in [7, 11) is 0. The molecular formula is C33H33ClN4O4. The standard InChI is InChI=1S/C17H17ClN2O2.C16H16N2O2/c1-3-12-5-4-6-15(21)16(12)17(22)20-19-10-13-8-7-11(2)9-14(13)18;1-11-7-8-14(15(19)9-11)16(20)18-17-10-13-6-4-3-5-12(13)2/h4-10,21H,3H2,1-2H3,(H,20,22);3-10,19H,1-2H3,(H,18,20). The van der Waals surface area contributed by atoms with Crippen LogP contribution in [0.3, 0.4) is 0 Å². The quantitative estimate of drug-likeness (QED) is 0.147. The number of hydrazone groups is 2. The number of phenolic OH excluding ortho intramolecular Hbond substituents is 2. The number of nitrogens with one attached hydrogen (secondary N) is 2. The maximum Gasteiger partial charge on any atom is 0.275 e. The molecule has 4 aromatic carbocycles. The molecule has 0 aliphatic heterocycles. The molecule has 0 heterocycles. The lowest BCUT2D eigenvalue weighted by Crippen LogP contribution is -2.19. The van der Waals surface area contributed by atoms with Gasteiger partial charge in [0.15, 0.2) is 0 Å². The molecule has 0 fully saturated rings. The molecule has 4 aromatic rings. The van der Waals surface area contributed by atoms with E-state index in [2.05, 4.69) is 21.1 Å². The van der Waals surface area contributed by atoms with Crippen molar-refractivity contribution in [2.24, 2.45) is 10.2 Å². The van der Waals surface area contributed by atoms with E-state index in [1.165, 1.54) is 12.3 Å². The Morgan fingerprint density at radius 3 is 2.07 bits per heavy atom. The van der Waals surface area contributed by atoms with Gasteiger partial charge in [-0.3, -0.25) is 9.59 Å². The van der Waals surface area contributed by atoms with Gasteiger partial charge in [-0.15, -0.1) is 0 Å².